The van der Waals surface area contributed by atoms with Crippen LogP contribution in [0, 0.1) is 0 Å². The van der Waals surface area contributed by atoms with Gasteiger partial charge in [-0.3, -0.25) is 0 Å². The Hall–Kier alpha value is -3.80. The molecule has 0 spiro atoms. The molecule has 0 amide bonds. The van der Waals surface area contributed by atoms with Crippen LogP contribution in [-0.2, 0) is 0 Å². The molecule has 6 heteroatoms. The molecular formula is C24H23N2O4+. The van der Waals surface area contributed by atoms with Crippen LogP contribution in [0.4, 0.5) is 10.5 Å². The zero-order valence-electron chi connectivity index (χ0n) is 17.3. The monoisotopic (exact) mass is 403 g/mol. The van der Waals surface area contributed by atoms with Crippen LogP contribution in [0.3, 0.4) is 0 Å². The third kappa shape index (κ3) is 3.48. The number of carboxylic acid groups (broad SMARTS) is 1. The van der Waals surface area contributed by atoms with Crippen LogP contribution < -0.4 is 19.6 Å². The molecule has 0 unspecified atom stereocenters. The van der Waals surface area contributed by atoms with Crippen molar-refractivity contribution in [2.75, 3.05) is 33.1 Å². The molecule has 0 saturated heterocycles. The van der Waals surface area contributed by atoms with E-state index in [0.717, 1.165) is 27.6 Å². The van der Waals surface area contributed by atoms with E-state index in [4.69, 9.17) is 9.15 Å². The van der Waals surface area contributed by atoms with E-state index in [9.17, 15) is 9.90 Å². The lowest BCUT2D eigenvalue weighted by molar-refractivity contribution is 0.144. The zero-order chi connectivity index (χ0) is 21.4. The summed E-state index contributed by atoms with van der Waals surface area (Å²) in [6.07, 6.45) is -1.35. The fourth-order valence-corrected chi connectivity index (χ4v) is 3.57. The maximum absolute atomic E-state index is 11.3. The summed E-state index contributed by atoms with van der Waals surface area (Å²) in [4.78, 5) is 13.3. The van der Waals surface area contributed by atoms with Gasteiger partial charge in [0.2, 0.25) is 5.36 Å². The van der Waals surface area contributed by atoms with E-state index in [-0.39, 0.29) is 5.75 Å². The first-order valence-electron chi connectivity index (χ1n) is 9.53. The molecule has 1 N–H and O–H groups in total. The predicted molar refractivity (Wildman–Crippen MR) is 118 cm³/mol. The van der Waals surface area contributed by atoms with Crippen LogP contribution in [0.5, 0.6) is 5.75 Å². The number of nitrogens with zero attached hydrogens (tertiary/aromatic N) is 2. The number of para-hydroxylation sites is 1. The van der Waals surface area contributed by atoms with E-state index in [2.05, 4.69) is 0 Å². The fourth-order valence-electron chi connectivity index (χ4n) is 3.57. The van der Waals surface area contributed by atoms with Gasteiger partial charge >= 0.3 is 6.16 Å². The van der Waals surface area contributed by atoms with Crippen LogP contribution in [0.15, 0.2) is 65.1 Å². The highest BCUT2D eigenvalue weighted by Gasteiger charge is 2.21. The Kier molecular flexibility index (Phi) is 4.91. The Morgan fingerprint density at radius 3 is 2.47 bits per heavy atom. The lowest BCUT2D eigenvalue weighted by atomic mass is 9.93. The molecule has 0 fully saturated rings. The second-order valence-electron chi connectivity index (χ2n) is 7.49. The van der Waals surface area contributed by atoms with Gasteiger partial charge in [0.05, 0.1) is 6.07 Å². The SMILES string of the molecule is CN(C)c1ccc2c(-c3ccccc3OC(=O)O)c3ccc(=[N+](C)C)cc-3oc2c1. The molecule has 152 valence electrons. The molecule has 30 heavy (non-hydrogen) atoms. The number of hydrogen-bond donors (Lipinski definition) is 1. The lowest BCUT2D eigenvalue weighted by Crippen LogP contribution is -2.21. The standard InChI is InChI=1S/C24H22N2O4/c1-25(2)15-9-11-18-21(13-15)29-22-14-16(26(3)4)10-12-19(22)23(18)17-7-5-6-8-20(17)30-24(27)28/h5-14H,1-4H3/p+1. The average molecular weight is 403 g/mol. The van der Waals surface area contributed by atoms with Gasteiger partial charge in [0.25, 0.3) is 0 Å². The topological polar surface area (TPSA) is 65.9 Å². The first-order chi connectivity index (χ1) is 14.3. The van der Waals surface area contributed by atoms with Crippen LogP contribution in [-0.4, -0.2) is 39.5 Å². The molecule has 0 radical (unpaired) electrons. The minimum atomic E-state index is -1.35. The van der Waals surface area contributed by atoms with Crippen molar-refractivity contribution >= 4 is 22.8 Å². The Balaban J connectivity index is 2.14. The van der Waals surface area contributed by atoms with Gasteiger partial charge in [-0.1, -0.05) is 18.2 Å². The third-order valence-electron chi connectivity index (χ3n) is 5.08. The molecule has 1 aliphatic carbocycles. The molecule has 0 atom stereocenters. The second-order valence-corrected chi connectivity index (χ2v) is 7.49. The summed E-state index contributed by atoms with van der Waals surface area (Å²) < 4.78 is 13.4. The normalized spacial score (nSPS) is 10.9. The molecule has 1 aliphatic heterocycles. The second kappa shape index (κ2) is 7.55. The Morgan fingerprint density at radius 1 is 1.00 bits per heavy atom. The van der Waals surface area contributed by atoms with Crippen molar-refractivity contribution < 1.29 is 19.1 Å². The summed E-state index contributed by atoms with van der Waals surface area (Å²) in [5, 5.41) is 11.1. The third-order valence-corrected chi connectivity index (χ3v) is 5.08. The molecule has 6 nitrogen and oxygen atoms in total. The van der Waals surface area contributed by atoms with Crippen molar-refractivity contribution in [2.45, 2.75) is 0 Å². The first kappa shape index (κ1) is 19.5. The number of ether oxygens (including phenoxy) is 1. The van der Waals surface area contributed by atoms with E-state index >= 15 is 0 Å². The maximum atomic E-state index is 11.3. The highest BCUT2D eigenvalue weighted by atomic mass is 16.7. The molecular weight excluding hydrogens is 380 g/mol. The number of hydrogen-bond acceptors (Lipinski definition) is 4. The molecule has 2 aliphatic rings. The van der Waals surface area contributed by atoms with E-state index in [1.165, 1.54) is 0 Å². The van der Waals surface area contributed by atoms with E-state index < -0.39 is 6.16 Å². The summed E-state index contributed by atoms with van der Waals surface area (Å²) in [6, 6.07) is 19.2. The molecule has 0 aromatic heterocycles. The first-order valence-corrected chi connectivity index (χ1v) is 9.53. The lowest BCUT2D eigenvalue weighted by Gasteiger charge is -2.18. The van der Waals surface area contributed by atoms with Crippen molar-refractivity contribution in [1.29, 1.82) is 0 Å². The van der Waals surface area contributed by atoms with Gasteiger partial charge in [-0.05, 0) is 24.3 Å². The van der Waals surface area contributed by atoms with E-state index in [1.807, 2.05) is 86.2 Å². The summed E-state index contributed by atoms with van der Waals surface area (Å²) in [6.45, 7) is 0. The van der Waals surface area contributed by atoms with Crippen LogP contribution in [0.2, 0.25) is 0 Å². The Morgan fingerprint density at radius 2 is 1.77 bits per heavy atom. The van der Waals surface area contributed by atoms with Gasteiger partial charge in [-0.25, -0.2) is 9.37 Å². The molecule has 0 saturated carbocycles. The maximum Gasteiger partial charge on any atom is 0.511 e. The molecule has 2 aromatic rings. The van der Waals surface area contributed by atoms with E-state index in [0.29, 0.717) is 16.9 Å². The molecule has 0 bridgehead atoms. The van der Waals surface area contributed by atoms with Crippen molar-refractivity contribution in [3.05, 3.63) is 66.0 Å². The van der Waals surface area contributed by atoms with Crippen molar-refractivity contribution in [2.24, 2.45) is 0 Å². The highest BCUT2D eigenvalue weighted by Crippen LogP contribution is 2.43. The number of rotatable bonds is 3. The molecule has 2 aromatic carbocycles. The Bertz CT molecular complexity index is 1300. The number of anilines is 1. The number of benzene rings is 3. The molecule has 4 rings (SSSR count). The van der Waals surface area contributed by atoms with Gasteiger partial charge in [-0.2, -0.15) is 0 Å². The van der Waals surface area contributed by atoms with Crippen LogP contribution in [0.25, 0.3) is 33.4 Å². The van der Waals surface area contributed by atoms with Crippen LogP contribution in [0.1, 0.15) is 0 Å². The zero-order valence-corrected chi connectivity index (χ0v) is 17.3. The fraction of sp³-hybridized carbons (Fsp3) is 0.167. The highest BCUT2D eigenvalue weighted by molar-refractivity contribution is 6.04. The quantitative estimate of drug-likeness (QED) is 0.238. The largest absolute Gasteiger partial charge is 0.511 e. The van der Waals surface area contributed by atoms with Gasteiger partial charge < -0.3 is 19.2 Å². The van der Waals surface area contributed by atoms with Crippen molar-refractivity contribution in [1.82, 2.24) is 4.58 Å². The number of carbonyl (C=O) groups is 1. The summed E-state index contributed by atoms with van der Waals surface area (Å²) in [5.74, 6) is 0.997. The smallest absolute Gasteiger partial charge is 0.456 e. The van der Waals surface area contributed by atoms with Gasteiger partial charge in [0.15, 0.2) is 0 Å². The van der Waals surface area contributed by atoms with E-state index in [1.54, 1.807) is 12.1 Å². The summed E-state index contributed by atoms with van der Waals surface area (Å²) >= 11 is 0. The molecule has 1 heterocycles. The van der Waals surface area contributed by atoms with Crippen molar-refractivity contribution in [3.8, 4) is 28.2 Å². The summed E-state index contributed by atoms with van der Waals surface area (Å²) in [5.41, 5.74) is 4.17. The number of fused-ring (bicyclic) bond motifs is 2. The predicted octanol–water partition coefficient (Wildman–Crippen LogP) is 4.36. The van der Waals surface area contributed by atoms with Crippen molar-refractivity contribution in [3.63, 3.8) is 0 Å². The van der Waals surface area contributed by atoms with Crippen LogP contribution >= 0.6 is 0 Å². The minimum Gasteiger partial charge on any atom is -0.456 e. The van der Waals surface area contributed by atoms with Gasteiger partial charge in [-0.15, -0.1) is 0 Å². The summed E-state index contributed by atoms with van der Waals surface area (Å²) in [7, 11) is 7.90. The van der Waals surface area contributed by atoms with Gasteiger partial charge in [0.1, 0.15) is 31.2 Å². The average Bonchev–Trinajstić information content (AvgIpc) is 2.71. The van der Waals surface area contributed by atoms with Gasteiger partial charge in [0, 0.05) is 54.0 Å². The Labute approximate surface area is 174 Å². The minimum absolute atomic E-state index is 0.284.